The minimum absolute atomic E-state index is 0.0242. The van der Waals surface area contributed by atoms with E-state index in [4.69, 9.17) is 13.6 Å². The molecule has 0 bridgehead atoms. The van der Waals surface area contributed by atoms with Crippen LogP contribution in [0.5, 0.6) is 11.5 Å². The van der Waals surface area contributed by atoms with Crippen LogP contribution in [-0.4, -0.2) is 29.4 Å². The molecular weight excluding hydrogens is 527 g/mol. The van der Waals surface area contributed by atoms with Crippen molar-refractivity contribution in [3.63, 3.8) is 0 Å². The molecule has 1 unspecified atom stereocenters. The van der Waals surface area contributed by atoms with Crippen molar-refractivity contribution in [2.75, 3.05) is 6.61 Å². The zero-order valence-electron chi connectivity index (χ0n) is 22.6. The maximum atomic E-state index is 13.7. The lowest BCUT2D eigenvalue weighted by molar-refractivity contribution is -0.137. The third kappa shape index (κ3) is 5.11. The second-order valence-electron chi connectivity index (χ2n) is 11.8. The normalized spacial score (nSPS) is 32.9. The van der Waals surface area contributed by atoms with E-state index in [1.807, 2.05) is 18.2 Å². The number of ketones is 2. The van der Waals surface area contributed by atoms with Gasteiger partial charge in [0.05, 0.1) is 6.10 Å². The number of phosphoric ester groups is 1. The highest BCUT2D eigenvalue weighted by Gasteiger charge is 2.60. The van der Waals surface area contributed by atoms with Crippen LogP contribution >= 0.6 is 7.82 Å². The molecule has 0 aliphatic heterocycles. The average molecular weight is 563 g/mol. The van der Waals surface area contributed by atoms with Crippen molar-refractivity contribution in [2.24, 2.45) is 35.0 Å². The summed E-state index contributed by atoms with van der Waals surface area (Å²) in [6, 6.07) is 17.2. The third-order valence-electron chi connectivity index (χ3n) is 9.59. The Morgan fingerprint density at radius 2 is 1.65 bits per heavy atom. The van der Waals surface area contributed by atoms with E-state index in [2.05, 4.69) is 6.92 Å². The van der Waals surface area contributed by atoms with Crippen LogP contribution in [0, 0.1) is 35.0 Å². The summed E-state index contributed by atoms with van der Waals surface area (Å²) in [4.78, 5) is 25.6. The van der Waals surface area contributed by atoms with Gasteiger partial charge in [-0.15, -0.1) is 0 Å². The summed E-state index contributed by atoms with van der Waals surface area (Å²) in [5.41, 5.74) is 0.740. The Labute approximate surface area is 234 Å². The Balaban J connectivity index is 1.18. The lowest BCUT2D eigenvalue weighted by atomic mass is 9.50. The molecule has 3 saturated carbocycles. The van der Waals surface area contributed by atoms with E-state index in [9.17, 15) is 19.3 Å². The number of Topliss-reactive ketones (excluding diaryl/α,β-unsaturated/α-hetero) is 1. The molecule has 2 aromatic carbocycles. The Kier molecular flexibility index (Phi) is 7.32. The third-order valence-corrected chi connectivity index (χ3v) is 10.9. The van der Waals surface area contributed by atoms with E-state index >= 15 is 0 Å². The maximum Gasteiger partial charge on any atom is 0.587 e. The number of para-hydroxylation sites is 2. The molecule has 2 aromatic rings. The largest absolute Gasteiger partial charge is 0.587 e. The van der Waals surface area contributed by atoms with Crippen LogP contribution in [-0.2, 0) is 18.7 Å². The quantitative estimate of drug-likeness (QED) is 0.375. The molecule has 0 saturated heterocycles. The van der Waals surface area contributed by atoms with Gasteiger partial charge >= 0.3 is 7.82 Å². The number of phosphoric acid groups is 1. The molecule has 0 amide bonds. The Morgan fingerprint density at radius 1 is 1.00 bits per heavy atom. The number of carbonyl (C=O) groups excluding carboxylic acids is 2. The standard InChI is InChI=1S/C32H35O7P/c1-32-19-29(34)31-25-15-13-22(33)18-21(25)12-14-26(31)27(32)16-17-28(32)30(35)20-37-40(36,38-23-8-4-2-5-9-23)39-24-10-6-3-7-11-24/h2-11,13,15,18,25-29,31,34H,12,14,16-17,19-20H2,1H3/t25?,26-,27-,28+,29-,31+,32-/m0/s1. The summed E-state index contributed by atoms with van der Waals surface area (Å²) in [5.74, 6) is 0.893. The molecule has 0 radical (unpaired) electrons. The van der Waals surface area contributed by atoms with Gasteiger partial charge in [0, 0.05) is 11.8 Å². The number of aliphatic hydroxyl groups is 1. The first-order valence-electron chi connectivity index (χ1n) is 14.1. The monoisotopic (exact) mass is 562 g/mol. The molecule has 1 N–H and O–H groups in total. The number of aliphatic hydroxyl groups excluding tert-OH is 1. The summed E-state index contributed by atoms with van der Waals surface area (Å²) in [6.45, 7) is 1.72. The summed E-state index contributed by atoms with van der Waals surface area (Å²) >= 11 is 0. The zero-order valence-corrected chi connectivity index (χ0v) is 23.5. The van der Waals surface area contributed by atoms with Crippen LogP contribution in [0.3, 0.4) is 0 Å². The lowest BCUT2D eigenvalue weighted by Crippen LogP contribution is -2.53. The smallest absolute Gasteiger partial charge is 0.395 e. The van der Waals surface area contributed by atoms with Gasteiger partial charge in [-0.25, -0.2) is 4.57 Å². The Bertz CT molecular complexity index is 1320. The number of hydrogen-bond donors (Lipinski definition) is 1. The highest BCUT2D eigenvalue weighted by molar-refractivity contribution is 7.49. The van der Waals surface area contributed by atoms with Crippen LogP contribution in [0.15, 0.2) is 84.5 Å². The van der Waals surface area contributed by atoms with E-state index in [1.54, 1.807) is 60.7 Å². The predicted octanol–water partition coefficient (Wildman–Crippen LogP) is 6.34. The second kappa shape index (κ2) is 10.8. The van der Waals surface area contributed by atoms with Crippen LogP contribution in [0.2, 0.25) is 0 Å². The van der Waals surface area contributed by atoms with E-state index in [0.29, 0.717) is 24.3 Å². The molecule has 4 aliphatic carbocycles. The number of allylic oxidation sites excluding steroid dienone is 4. The van der Waals surface area contributed by atoms with Gasteiger partial charge in [-0.2, -0.15) is 0 Å². The predicted molar refractivity (Wildman–Crippen MR) is 150 cm³/mol. The minimum atomic E-state index is -4.18. The molecule has 210 valence electrons. The molecule has 7 nitrogen and oxygen atoms in total. The number of fused-ring (bicyclic) bond motifs is 5. The van der Waals surface area contributed by atoms with Gasteiger partial charge in [-0.05, 0) is 91.7 Å². The molecule has 8 heteroatoms. The highest BCUT2D eigenvalue weighted by atomic mass is 31.2. The Morgan fingerprint density at radius 3 is 2.30 bits per heavy atom. The first-order chi connectivity index (χ1) is 19.3. The van der Waals surface area contributed by atoms with Crippen LogP contribution < -0.4 is 9.05 Å². The topological polar surface area (TPSA) is 99.1 Å². The van der Waals surface area contributed by atoms with Gasteiger partial charge in [0.25, 0.3) is 0 Å². The maximum absolute atomic E-state index is 13.7. The summed E-state index contributed by atoms with van der Waals surface area (Å²) in [5, 5.41) is 11.4. The number of carbonyl (C=O) groups is 2. The van der Waals surface area contributed by atoms with Gasteiger partial charge in [-0.3, -0.25) is 14.1 Å². The molecule has 0 heterocycles. The molecule has 0 spiro atoms. The van der Waals surface area contributed by atoms with Gasteiger partial charge in [0.15, 0.2) is 11.6 Å². The average Bonchev–Trinajstić information content (AvgIpc) is 3.29. The van der Waals surface area contributed by atoms with Crippen LogP contribution in [0.25, 0.3) is 0 Å². The molecule has 4 aliphatic rings. The summed E-state index contributed by atoms with van der Waals surface area (Å²) in [6.07, 6.45) is 8.64. The first kappa shape index (κ1) is 27.2. The summed E-state index contributed by atoms with van der Waals surface area (Å²) < 4.78 is 30.8. The summed E-state index contributed by atoms with van der Waals surface area (Å²) in [7, 11) is -4.18. The van der Waals surface area contributed by atoms with Crippen molar-refractivity contribution < 1.29 is 32.8 Å². The fraction of sp³-hybridized carbons (Fsp3) is 0.438. The van der Waals surface area contributed by atoms with E-state index < -0.39 is 20.5 Å². The lowest BCUT2D eigenvalue weighted by Gasteiger charge is -2.55. The van der Waals surface area contributed by atoms with Crippen LogP contribution in [0.1, 0.15) is 39.0 Å². The first-order valence-corrected chi connectivity index (χ1v) is 15.6. The van der Waals surface area contributed by atoms with E-state index in [0.717, 1.165) is 24.8 Å². The Hall–Kier alpha value is -2.99. The highest BCUT2D eigenvalue weighted by Crippen LogP contribution is 2.63. The molecule has 40 heavy (non-hydrogen) atoms. The number of hydrogen-bond acceptors (Lipinski definition) is 7. The molecule has 3 fully saturated rings. The van der Waals surface area contributed by atoms with Gasteiger partial charge in [-0.1, -0.05) is 55.0 Å². The van der Waals surface area contributed by atoms with Crippen molar-refractivity contribution in [3.8, 4) is 11.5 Å². The second-order valence-corrected chi connectivity index (χ2v) is 13.3. The fourth-order valence-corrected chi connectivity index (χ4v) is 9.15. The van der Waals surface area contributed by atoms with Crippen molar-refractivity contribution in [2.45, 2.75) is 45.1 Å². The zero-order chi connectivity index (χ0) is 27.9. The fourth-order valence-electron chi connectivity index (χ4n) is 7.96. The molecule has 7 atom stereocenters. The van der Waals surface area contributed by atoms with E-state index in [-0.39, 0.29) is 46.6 Å². The molecule has 0 aromatic heterocycles. The van der Waals surface area contributed by atoms with Crippen LogP contribution in [0.4, 0.5) is 0 Å². The minimum Gasteiger partial charge on any atom is -0.395 e. The van der Waals surface area contributed by atoms with Gasteiger partial charge in [0.2, 0.25) is 0 Å². The number of benzene rings is 2. The van der Waals surface area contributed by atoms with Crippen molar-refractivity contribution >= 4 is 19.4 Å². The van der Waals surface area contributed by atoms with Crippen molar-refractivity contribution in [1.82, 2.24) is 0 Å². The SMILES string of the molecule is C[C@]12C[C@H](O)[C@@H]3C4C=CC(=O)C=C4CC[C@H]3[C@@H]1CC[C@@H]2C(=O)COP(=O)(Oc1ccccc1)Oc1ccccc1. The molecule has 6 rings (SSSR count). The van der Waals surface area contributed by atoms with Crippen molar-refractivity contribution in [1.29, 1.82) is 0 Å². The number of rotatable bonds is 8. The van der Waals surface area contributed by atoms with E-state index in [1.165, 1.54) is 0 Å². The van der Waals surface area contributed by atoms with Gasteiger partial charge in [0.1, 0.15) is 18.1 Å². The van der Waals surface area contributed by atoms with Gasteiger partial charge < -0.3 is 14.2 Å². The molecular formula is C32H35O7P. The van der Waals surface area contributed by atoms with Crippen molar-refractivity contribution in [3.05, 3.63) is 84.5 Å².